The van der Waals surface area contributed by atoms with Crippen LogP contribution >= 0.6 is 22.6 Å². The Kier molecular flexibility index (Phi) is 4.51. The summed E-state index contributed by atoms with van der Waals surface area (Å²) in [6.45, 7) is 5.49. The number of nitrogens with one attached hydrogen (secondary N) is 1. The highest BCUT2D eigenvalue weighted by atomic mass is 127. The molecule has 0 atom stereocenters. The first-order valence-corrected chi connectivity index (χ1v) is 5.96. The number of nitrogen functional groups attached to an aromatic ring is 1. The lowest BCUT2D eigenvalue weighted by molar-refractivity contribution is 0.607. The molecule has 0 saturated heterocycles. The molecule has 0 amide bonds. The fraction of sp³-hybridized carbons (Fsp3) is 0.455. The van der Waals surface area contributed by atoms with Gasteiger partial charge >= 0.3 is 0 Å². The van der Waals surface area contributed by atoms with Crippen molar-refractivity contribution in [3.8, 4) is 0 Å². The molecule has 2 nitrogen and oxygen atoms in total. The second-order valence-corrected chi connectivity index (χ2v) is 5.01. The van der Waals surface area contributed by atoms with Crippen LogP contribution in [0.2, 0.25) is 0 Å². The molecule has 3 N–H and O–H groups in total. The van der Waals surface area contributed by atoms with Gasteiger partial charge in [0.05, 0.1) is 0 Å². The van der Waals surface area contributed by atoms with Gasteiger partial charge in [0.1, 0.15) is 0 Å². The van der Waals surface area contributed by atoms with Gasteiger partial charge in [0.25, 0.3) is 0 Å². The van der Waals surface area contributed by atoms with Crippen LogP contribution in [0.5, 0.6) is 0 Å². The number of halogens is 1. The Labute approximate surface area is 99.4 Å². The molecular weight excluding hydrogens is 287 g/mol. The summed E-state index contributed by atoms with van der Waals surface area (Å²) in [7, 11) is 0. The van der Waals surface area contributed by atoms with Crippen LogP contribution in [0.1, 0.15) is 20.3 Å². The van der Waals surface area contributed by atoms with E-state index >= 15 is 0 Å². The summed E-state index contributed by atoms with van der Waals surface area (Å²) in [6, 6.07) is 5.95. The minimum atomic E-state index is 0.744. The third kappa shape index (κ3) is 3.74. The molecule has 0 aromatic heterocycles. The van der Waals surface area contributed by atoms with Crippen molar-refractivity contribution in [2.45, 2.75) is 20.3 Å². The zero-order chi connectivity index (χ0) is 10.6. The van der Waals surface area contributed by atoms with Crippen LogP contribution < -0.4 is 11.1 Å². The van der Waals surface area contributed by atoms with Crippen molar-refractivity contribution in [1.82, 2.24) is 0 Å². The second-order valence-electron chi connectivity index (χ2n) is 3.85. The van der Waals surface area contributed by atoms with Crippen LogP contribution in [-0.2, 0) is 0 Å². The number of nitrogens with two attached hydrogens (primary N) is 1. The molecule has 0 aliphatic rings. The Morgan fingerprint density at radius 1 is 1.43 bits per heavy atom. The van der Waals surface area contributed by atoms with Crippen molar-refractivity contribution in [3.63, 3.8) is 0 Å². The van der Waals surface area contributed by atoms with Gasteiger partial charge in [0, 0.05) is 21.5 Å². The fourth-order valence-corrected chi connectivity index (χ4v) is 1.90. The van der Waals surface area contributed by atoms with Crippen molar-refractivity contribution >= 4 is 34.0 Å². The lowest BCUT2D eigenvalue weighted by Gasteiger charge is -2.10. The predicted molar refractivity (Wildman–Crippen MR) is 71.5 cm³/mol. The highest BCUT2D eigenvalue weighted by Gasteiger charge is 1.99. The van der Waals surface area contributed by atoms with Crippen LogP contribution in [0, 0.1) is 9.49 Å². The Morgan fingerprint density at radius 3 is 2.71 bits per heavy atom. The van der Waals surface area contributed by atoms with Gasteiger partial charge in [-0.1, -0.05) is 13.8 Å². The normalized spacial score (nSPS) is 10.6. The van der Waals surface area contributed by atoms with E-state index in [1.54, 1.807) is 0 Å². The van der Waals surface area contributed by atoms with Crippen molar-refractivity contribution in [2.24, 2.45) is 5.92 Å². The van der Waals surface area contributed by atoms with Gasteiger partial charge in [-0.2, -0.15) is 0 Å². The Balaban J connectivity index is 2.51. The quantitative estimate of drug-likeness (QED) is 0.661. The van der Waals surface area contributed by atoms with E-state index in [9.17, 15) is 0 Å². The van der Waals surface area contributed by atoms with Gasteiger partial charge in [0.2, 0.25) is 0 Å². The van der Waals surface area contributed by atoms with Gasteiger partial charge in [-0.05, 0) is 53.1 Å². The van der Waals surface area contributed by atoms with E-state index in [0.29, 0.717) is 0 Å². The Hall–Kier alpha value is -0.450. The van der Waals surface area contributed by atoms with E-state index in [2.05, 4.69) is 41.8 Å². The molecule has 0 saturated carbocycles. The largest absolute Gasteiger partial charge is 0.399 e. The fourth-order valence-electron chi connectivity index (χ4n) is 1.17. The summed E-state index contributed by atoms with van der Waals surface area (Å²) >= 11 is 2.30. The molecule has 0 fully saturated rings. The van der Waals surface area contributed by atoms with Crippen molar-refractivity contribution < 1.29 is 0 Å². The van der Waals surface area contributed by atoms with Gasteiger partial charge in [0.15, 0.2) is 0 Å². The van der Waals surface area contributed by atoms with Crippen LogP contribution in [-0.4, -0.2) is 6.54 Å². The van der Waals surface area contributed by atoms with Crippen molar-refractivity contribution in [2.75, 3.05) is 17.6 Å². The van der Waals surface area contributed by atoms with E-state index < -0.39 is 0 Å². The minimum absolute atomic E-state index is 0.744. The number of hydrogen-bond acceptors (Lipinski definition) is 2. The summed E-state index contributed by atoms with van der Waals surface area (Å²) in [6.07, 6.45) is 1.19. The summed E-state index contributed by atoms with van der Waals surface area (Å²) in [4.78, 5) is 0. The van der Waals surface area contributed by atoms with E-state index in [1.807, 2.05) is 18.2 Å². The third-order valence-corrected chi connectivity index (χ3v) is 2.92. The molecule has 14 heavy (non-hydrogen) atoms. The van der Waals surface area contributed by atoms with E-state index in [1.165, 1.54) is 15.7 Å². The summed E-state index contributed by atoms with van der Waals surface area (Å²) < 4.78 is 1.19. The van der Waals surface area contributed by atoms with Gasteiger partial charge in [-0.15, -0.1) is 0 Å². The van der Waals surface area contributed by atoms with Crippen molar-refractivity contribution in [3.05, 3.63) is 21.8 Å². The SMILES string of the molecule is CC(C)CCNc1ccc(N)cc1I. The number of rotatable bonds is 4. The first-order valence-electron chi connectivity index (χ1n) is 4.88. The lowest BCUT2D eigenvalue weighted by Crippen LogP contribution is -2.06. The molecule has 1 rings (SSSR count). The molecule has 3 heteroatoms. The molecule has 0 unspecified atom stereocenters. The zero-order valence-corrected chi connectivity index (χ0v) is 10.8. The summed E-state index contributed by atoms with van der Waals surface area (Å²) in [5.41, 5.74) is 7.68. The van der Waals surface area contributed by atoms with Gasteiger partial charge in [-0.3, -0.25) is 0 Å². The summed E-state index contributed by atoms with van der Waals surface area (Å²) in [5, 5.41) is 3.41. The standard InChI is InChI=1S/C11H17IN2/c1-8(2)5-6-14-11-4-3-9(13)7-10(11)12/h3-4,7-8,14H,5-6,13H2,1-2H3. The van der Waals surface area contributed by atoms with Crippen LogP contribution in [0.3, 0.4) is 0 Å². The van der Waals surface area contributed by atoms with Crippen LogP contribution in [0.25, 0.3) is 0 Å². The number of anilines is 2. The zero-order valence-electron chi connectivity index (χ0n) is 8.68. The second kappa shape index (κ2) is 5.44. The summed E-state index contributed by atoms with van der Waals surface area (Å²) in [5.74, 6) is 0.744. The topological polar surface area (TPSA) is 38.0 Å². The average molecular weight is 304 g/mol. The first kappa shape index (κ1) is 11.6. The molecule has 0 heterocycles. The van der Waals surface area contributed by atoms with Crippen LogP contribution in [0.15, 0.2) is 18.2 Å². The first-order chi connectivity index (χ1) is 6.59. The molecule has 0 radical (unpaired) electrons. The van der Waals surface area contributed by atoms with Gasteiger partial charge in [-0.25, -0.2) is 0 Å². The molecule has 0 aliphatic carbocycles. The highest BCUT2D eigenvalue weighted by molar-refractivity contribution is 14.1. The Morgan fingerprint density at radius 2 is 2.14 bits per heavy atom. The molecule has 0 aliphatic heterocycles. The van der Waals surface area contributed by atoms with Crippen LogP contribution in [0.4, 0.5) is 11.4 Å². The predicted octanol–water partition coefficient (Wildman–Crippen LogP) is 3.33. The molecule has 0 bridgehead atoms. The van der Waals surface area contributed by atoms with E-state index in [0.717, 1.165) is 18.2 Å². The highest BCUT2D eigenvalue weighted by Crippen LogP contribution is 2.20. The smallest absolute Gasteiger partial charge is 0.0477 e. The number of hydrogen-bond donors (Lipinski definition) is 2. The lowest BCUT2D eigenvalue weighted by atomic mass is 10.1. The Bertz CT molecular complexity index is 297. The molecule has 0 spiro atoms. The minimum Gasteiger partial charge on any atom is -0.399 e. The maximum absolute atomic E-state index is 5.67. The molecule has 78 valence electrons. The molecule has 1 aromatic rings. The molecular formula is C11H17IN2. The maximum atomic E-state index is 5.67. The maximum Gasteiger partial charge on any atom is 0.0477 e. The van der Waals surface area contributed by atoms with Crippen molar-refractivity contribution in [1.29, 1.82) is 0 Å². The van der Waals surface area contributed by atoms with E-state index in [-0.39, 0.29) is 0 Å². The third-order valence-electron chi connectivity index (χ3n) is 2.03. The average Bonchev–Trinajstić information content (AvgIpc) is 2.08. The van der Waals surface area contributed by atoms with E-state index in [4.69, 9.17) is 5.73 Å². The molecule has 1 aromatic carbocycles. The number of benzene rings is 1. The monoisotopic (exact) mass is 304 g/mol. The van der Waals surface area contributed by atoms with Gasteiger partial charge < -0.3 is 11.1 Å².